The zero-order valence-corrected chi connectivity index (χ0v) is 12.3. The van der Waals surface area contributed by atoms with Gasteiger partial charge in [-0.15, -0.1) is 11.3 Å². The summed E-state index contributed by atoms with van der Waals surface area (Å²) in [6.07, 6.45) is 4.60. The van der Waals surface area contributed by atoms with Crippen LogP contribution in [0.15, 0.2) is 12.1 Å². The molecule has 102 valence electrons. The minimum atomic E-state index is -0.140. The van der Waals surface area contributed by atoms with Crippen molar-refractivity contribution in [1.29, 1.82) is 0 Å². The topological polar surface area (TPSA) is 47.3 Å². The maximum atomic E-state index is 5.91. The van der Waals surface area contributed by atoms with Crippen LogP contribution in [0.25, 0.3) is 0 Å². The van der Waals surface area contributed by atoms with Crippen molar-refractivity contribution in [3.63, 3.8) is 0 Å². The summed E-state index contributed by atoms with van der Waals surface area (Å²) in [5, 5.41) is 0. The molecule has 1 aromatic heterocycles. The van der Waals surface area contributed by atoms with Crippen molar-refractivity contribution >= 4 is 11.3 Å². The minimum Gasteiger partial charge on any atom is -0.376 e. The molecule has 1 unspecified atom stereocenters. The van der Waals surface area contributed by atoms with Crippen molar-refractivity contribution in [2.45, 2.75) is 51.2 Å². The van der Waals surface area contributed by atoms with E-state index in [1.54, 1.807) is 11.3 Å². The number of ether oxygens (including phenoxy) is 1. The van der Waals surface area contributed by atoms with Crippen LogP contribution in [0.4, 0.5) is 0 Å². The summed E-state index contributed by atoms with van der Waals surface area (Å²) in [6.45, 7) is 4.45. The fourth-order valence-electron chi connectivity index (χ4n) is 2.96. The first-order valence-corrected chi connectivity index (χ1v) is 7.50. The Balaban J connectivity index is 2.23. The molecule has 0 aliphatic heterocycles. The van der Waals surface area contributed by atoms with Crippen molar-refractivity contribution in [3.05, 3.63) is 21.9 Å². The SMILES string of the molecule is COC1(C(NN)c2ccc(C)s2)CCC(C)CC1. The lowest BCUT2D eigenvalue weighted by atomic mass is 9.75. The van der Waals surface area contributed by atoms with E-state index in [1.165, 1.54) is 22.6 Å². The van der Waals surface area contributed by atoms with Crippen LogP contribution < -0.4 is 11.3 Å². The third-order valence-corrected chi connectivity index (χ3v) is 5.33. The Hall–Kier alpha value is -0.420. The Morgan fingerprint density at radius 3 is 2.56 bits per heavy atom. The molecular weight excluding hydrogens is 244 g/mol. The lowest BCUT2D eigenvalue weighted by Gasteiger charge is -2.43. The number of aryl methyl sites for hydroxylation is 1. The summed E-state index contributed by atoms with van der Waals surface area (Å²) in [5.41, 5.74) is 2.85. The van der Waals surface area contributed by atoms with E-state index in [1.807, 2.05) is 7.11 Å². The number of hydrogen-bond donors (Lipinski definition) is 2. The highest BCUT2D eigenvalue weighted by Crippen LogP contribution is 2.43. The van der Waals surface area contributed by atoms with E-state index in [2.05, 4.69) is 31.4 Å². The third kappa shape index (κ3) is 2.62. The van der Waals surface area contributed by atoms with E-state index in [4.69, 9.17) is 10.6 Å². The smallest absolute Gasteiger partial charge is 0.0893 e. The van der Waals surface area contributed by atoms with Crippen molar-refractivity contribution < 1.29 is 4.74 Å². The van der Waals surface area contributed by atoms with Gasteiger partial charge < -0.3 is 4.74 Å². The van der Waals surface area contributed by atoms with Crippen LogP contribution in [0, 0.1) is 12.8 Å². The number of nitrogens with two attached hydrogens (primary N) is 1. The molecule has 1 atom stereocenters. The monoisotopic (exact) mass is 268 g/mol. The van der Waals surface area contributed by atoms with Crippen LogP contribution >= 0.6 is 11.3 Å². The van der Waals surface area contributed by atoms with Crippen molar-refractivity contribution in [3.8, 4) is 0 Å². The van der Waals surface area contributed by atoms with Gasteiger partial charge in [-0.3, -0.25) is 5.84 Å². The summed E-state index contributed by atoms with van der Waals surface area (Å²) in [5.74, 6) is 6.62. The van der Waals surface area contributed by atoms with Crippen molar-refractivity contribution in [2.75, 3.05) is 7.11 Å². The molecule has 0 bridgehead atoms. The summed E-state index contributed by atoms with van der Waals surface area (Å²) >= 11 is 1.81. The number of hydrogen-bond acceptors (Lipinski definition) is 4. The Morgan fingerprint density at radius 2 is 2.11 bits per heavy atom. The molecule has 2 rings (SSSR count). The molecule has 1 aliphatic carbocycles. The highest BCUT2D eigenvalue weighted by Gasteiger charge is 2.42. The summed E-state index contributed by atoms with van der Waals surface area (Å²) in [6, 6.07) is 4.43. The molecule has 1 aromatic rings. The molecule has 0 amide bonds. The fourth-order valence-corrected chi connectivity index (χ4v) is 4.01. The summed E-state index contributed by atoms with van der Waals surface area (Å²) < 4.78 is 5.91. The van der Waals surface area contributed by atoms with Gasteiger partial charge in [0.1, 0.15) is 0 Å². The lowest BCUT2D eigenvalue weighted by Crippen LogP contribution is -2.49. The standard InChI is InChI=1S/C14H24N2OS/c1-10-6-8-14(17-3,9-7-10)13(16-15)12-5-4-11(2)18-12/h4-5,10,13,16H,6-9,15H2,1-3H3. The van der Waals surface area contributed by atoms with E-state index >= 15 is 0 Å². The third-order valence-electron chi connectivity index (χ3n) is 4.27. The molecule has 4 heteroatoms. The van der Waals surface area contributed by atoms with Gasteiger partial charge in [0.25, 0.3) is 0 Å². The first-order valence-electron chi connectivity index (χ1n) is 6.69. The highest BCUT2D eigenvalue weighted by molar-refractivity contribution is 7.12. The second kappa shape index (κ2) is 5.70. The van der Waals surface area contributed by atoms with E-state index < -0.39 is 0 Å². The Kier molecular flexibility index (Phi) is 4.43. The second-order valence-corrected chi connectivity index (χ2v) is 6.82. The minimum absolute atomic E-state index is 0.105. The molecule has 18 heavy (non-hydrogen) atoms. The van der Waals surface area contributed by atoms with Crippen LogP contribution in [-0.2, 0) is 4.74 Å². The number of thiophene rings is 1. The molecule has 1 fully saturated rings. The number of rotatable bonds is 4. The fraction of sp³-hybridized carbons (Fsp3) is 0.714. The molecule has 0 radical (unpaired) electrons. The molecule has 1 aliphatic rings. The summed E-state index contributed by atoms with van der Waals surface area (Å²) in [7, 11) is 1.82. The van der Waals surface area contributed by atoms with Gasteiger partial charge in [-0.25, -0.2) is 5.43 Å². The van der Waals surface area contributed by atoms with Gasteiger partial charge in [0, 0.05) is 16.9 Å². The maximum absolute atomic E-state index is 5.91. The Labute approximate surface area is 114 Å². The van der Waals surface area contributed by atoms with Gasteiger partial charge in [0.2, 0.25) is 0 Å². The lowest BCUT2D eigenvalue weighted by molar-refractivity contribution is -0.0753. The number of nitrogens with one attached hydrogen (secondary N) is 1. The average molecular weight is 268 g/mol. The molecule has 0 spiro atoms. The predicted molar refractivity (Wildman–Crippen MR) is 76.5 cm³/mol. The molecule has 3 N–H and O–H groups in total. The average Bonchev–Trinajstić information content (AvgIpc) is 2.79. The molecule has 0 saturated heterocycles. The van der Waals surface area contributed by atoms with Crippen molar-refractivity contribution in [1.82, 2.24) is 5.43 Å². The van der Waals surface area contributed by atoms with Crippen LogP contribution in [0.3, 0.4) is 0 Å². The van der Waals surface area contributed by atoms with Gasteiger partial charge in [-0.05, 0) is 50.7 Å². The molecule has 1 saturated carbocycles. The maximum Gasteiger partial charge on any atom is 0.0893 e. The van der Waals surface area contributed by atoms with Crippen LogP contribution in [-0.4, -0.2) is 12.7 Å². The molecule has 1 heterocycles. The van der Waals surface area contributed by atoms with Gasteiger partial charge in [-0.1, -0.05) is 6.92 Å². The zero-order valence-electron chi connectivity index (χ0n) is 11.5. The largest absolute Gasteiger partial charge is 0.376 e. The van der Waals surface area contributed by atoms with Crippen molar-refractivity contribution in [2.24, 2.45) is 11.8 Å². The quantitative estimate of drug-likeness (QED) is 0.651. The van der Waals surface area contributed by atoms with Crippen LogP contribution in [0.2, 0.25) is 0 Å². The predicted octanol–water partition coefficient (Wildman–Crippen LogP) is 3.16. The highest BCUT2D eigenvalue weighted by atomic mass is 32.1. The van der Waals surface area contributed by atoms with E-state index in [0.717, 1.165) is 18.8 Å². The van der Waals surface area contributed by atoms with Crippen LogP contribution in [0.5, 0.6) is 0 Å². The first kappa shape index (κ1) is 14.0. The molecular formula is C14H24N2OS. The molecule has 0 aromatic carbocycles. The summed E-state index contributed by atoms with van der Waals surface area (Å²) in [4.78, 5) is 2.60. The van der Waals surface area contributed by atoms with E-state index in [-0.39, 0.29) is 11.6 Å². The Morgan fingerprint density at radius 1 is 1.44 bits per heavy atom. The van der Waals surface area contributed by atoms with Gasteiger partial charge in [-0.2, -0.15) is 0 Å². The normalized spacial score (nSPS) is 30.3. The number of hydrazine groups is 1. The van der Waals surface area contributed by atoms with Gasteiger partial charge >= 0.3 is 0 Å². The van der Waals surface area contributed by atoms with Crippen LogP contribution in [0.1, 0.15) is 48.4 Å². The zero-order chi connectivity index (χ0) is 13.2. The molecule has 3 nitrogen and oxygen atoms in total. The second-order valence-electron chi connectivity index (χ2n) is 5.50. The van der Waals surface area contributed by atoms with E-state index in [0.29, 0.717) is 0 Å². The van der Waals surface area contributed by atoms with E-state index in [9.17, 15) is 0 Å². The van der Waals surface area contributed by atoms with Gasteiger partial charge in [0.15, 0.2) is 0 Å². The van der Waals surface area contributed by atoms with Gasteiger partial charge in [0.05, 0.1) is 11.6 Å². The first-order chi connectivity index (χ1) is 8.61. The number of methoxy groups -OCH3 is 1. The Bertz CT molecular complexity index is 383.